The fraction of sp³-hybridized carbons (Fsp3) is 0.360. The molecule has 4 heterocycles. The molecule has 1 saturated heterocycles. The first-order valence-corrected chi connectivity index (χ1v) is 11.8. The molecule has 1 aliphatic heterocycles. The number of aryl methyl sites for hydroxylation is 1. The molecule has 0 bridgehead atoms. The lowest BCUT2D eigenvalue weighted by atomic mass is 10.1. The largest absolute Gasteiger partial charge is 0.389 e. The molecular formula is C25H27N7O3. The predicted molar refractivity (Wildman–Crippen MR) is 130 cm³/mol. The van der Waals surface area contributed by atoms with Crippen molar-refractivity contribution in [1.82, 2.24) is 29.2 Å². The third-order valence-electron chi connectivity index (χ3n) is 6.79. The zero-order valence-electron chi connectivity index (χ0n) is 19.4. The van der Waals surface area contributed by atoms with Crippen molar-refractivity contribution in [3.8, 4) is 5.82 Å². The Labute approximate surface area is 201 Å². The summed E-state index contributed by atoms with van der Waals surface area (Å²) >= 11 is 0. The maximum Gasteiger partial charge on any atom is 0.229 e. The average Bonchev–Trinajstić information content (AvgIpc) is 3.43. The summed E-state index contributed by atoms with van der Waals surface area (Å²) < 4.78 is 3.91. The summed E-state index contributed by atoms with van der Waals surface area (Å²) in [5.41, 5.74) is 4.41. The topological polar surface area (TPSA) is 121 Å². The molecule has 0 unspecified atom stereocenters. The van der Waals surface area contributed by atoms with E-state index in [1.165, 1.54) is 0 Å². The molecule has 2 atom stereocenters. The fourth-order valence-corrected chi connectivity index (χ4v) is 4.76. The number of fused-ring (bicyclic) bond motifs is 1. The normalized spacial score (nSPS) is 20.5. The molecule has 2 fully saturated rings. The Bertz CT molecular complexity index is 1400. The molecule has 35 heavy (non-hydrogen) atoms. The van der Waals surface area contributed by atoms with Crippen LogP contribution >= 0.6 is 0 Å². The van der Waals surface area contributed by atoms with Crippen LogP contribution in [0.3, 0.4) is 0 Å². The van der Waals surface area contributed by atoms with Gasteiger partial charge in [0.15, 0.2) is 12.1 Å². The number of hydrogen-bond acceptors (Lipinski definition) is 8. The van der Waals surface area contributed by atoms with Crippen LogP contribution in [0.25, 0.3) is 16.7 Å². The van der Waals surface area contributed by atoms with Crippen LogP contribution in [0.5, 0.6) is 0 Å². The van der Waals surface area contributed by atoms with E-state index in [0.29, 0.717) is 43.0 Å². The van der Waals surface area contributed by atoms with Crippen molar-refractivity contribution in [2.75, 3.05) is 18.4 Å². The summed E-state index contributed by atoms with van der Waals surface area (Å²) in [5.74, 6) is 1.05. The van der Waals surface area contributed by atoms with Crippen LogP contribution < -0.4 is 5.32 Å². The Balaban J connectivity index is 1.23. The van der Waals surface area contributed by atoms with Gasteiger partial charge in [0.2, 0.25) is 5.95 Å². The van der Waals surface area contributed by atoms with Crippen LogP contribution in [-0.2, 0) is 6.54 Å². The lowest BCUT2D eigenvalue weighted by molar-refractivity contribution is 0.0572. The van der Waals surface area contributed by atoms with Gasteiger partial charge in [-0.3, -0.25) is 9.69 Å². The van der Waals surface area contributed by atoms with Gasteiger partial charge in [-0.05, 0) is 38.0 Å². The van der Waals surface area contributed by atoms with Crippen molar-refractivity contribution in [3.05, 3.63) is 59.7 Å². The van der Waals surface area contributed by atoms with E-state index in [9.17, 15) is 15.0 Å². The molecular weight excluding hydrogens is 446 g/mol. The van der Waals surface area contributed by atoms with Crippen molar-refractivity contribution in [2.45, 2.75) is 44.6 Å². The average molecular weight is 474 g/mol. The zero-order chi connectivity index (χ0) is 24.1. The second-order valence-corrected chi connectivity index (χ2v) is 9.45. The number of carbonyl (C=O) groups excluding carboxylic acids is 1. The lowest BCUT2D eigenvalue weighted by Crippen LogP contribution is -2.22. The number of rotatable bonds is 7. The maximum absolute atomic E-state index is 11.6. The third-order valence-corrected chi connectivity index (χ3v) is 6.79. The highest BCUT2D eigenvalue weighted by Crippen LogP contribution is 2.39. The summed E-state index contributed by atoms with van der Waals surface area (Å²) in [7, 11) is 0. The Morgan fingerprint density at radius 3 is 2.69 bits per heavy atom. The number of benzene rings is 1. The van der Waals surface area contributed by atoms with Gasteiger partial charge in [-0.25, -0.2) is 9.67 Å². The van der Waals surface area contributed by atoms with E-state index < -0.39 is 12.2 Å². The van der Waals surface area contributed by atoms with Crippen LogP contribution in [0.2, 0.25) is 0 Å². The van der Waals surface area contributed by atoms with Crippen molar-refractivity contribution in [1.29, 1.82) is 0 Å². The molecule has 3 aromatic heterocycles. The number of aliphatic hydroxyl groups is 2. The van der Waals surface area contributed by atoms with Gasteiger partial charge in [0, 0.05) is 78.1 Å². The van der Waals surface area contributed by atoms with Gasteiger partial charge in [-0.2, -0.15) is 10.1 Å². The Morgan fingerprint density at radius 2 is 1.94 bits per heavy atom. The van der Waals surface area contributed by atoms with Gasteiger partial charge < -0.3 is 20.1 Å². The first kappa shape index (κ1) is 21.9. The molecule has 1 saturated carbocycles. The number of nitrogens with one attached hydrogen (secondary N) is 1. The van der Waals surface area contributed by atoms with Crippen LogP contribution in [-0.4, -0.2) is 71.0 Å². The van der Waals surface area contributed by atoms with Crippen LogP contribution in [0, 0.1) is 6.92 Å². The first-order valence-electron chi connectivity index (χ1n) is 11.8. The number of anilines is 2. The number of aliphatic hydroxyl groups excluding tert-OH is 2. The summed E-state index contributed by atoms with van der Waals surface area (Å²) in [4.78, 5) is 22.6. The SMILES string of the molecule is Cc1nn(-c2ccnc(Nc3ccc4c(c3)c(C=O)cn4C3CC3)n2)cc1CN1C[C@@H](O)[C@@H](O)C1. The standard InChI is InChI=1S/C25H27N7O3/c1-15-16(9-30-12-22(34)23(35)13-30)11-32(29-15)24-6-7-26-25(28-24)27-18-2-5-21-20(8-18)17(14-33)10-31(21)19-3-4-19/h2,5-8,10-11,14,19,22-23,34-35H,3-4,9,12-13H2,1H3,(H,26,27,28)/t22-,23+. The molecule has 1 aromatic carbocycles. The maximum atomic E-state index is 11.6. The molecule has 0 radical (unpaired) electrons. The predicted octanol–water partition coefficient (Wildman–Crippen LogP) is 2.35. The zero-order valence-corrected chi connectivity index (χ0v) is 19.4. The van der Waals surface area contributed by atoms with Gasteiger partial charge >= 0.3 is 0 Å². The summed E-state index contributed by atoms with van der Waals surface area (Å²) in [5, 5.41) is 28.4. The quantitative estimate of drug-likeness (QED) is 0.350. The Kier molecular flexibility index (Phi) is 5.36. The molecule has 3 N–H and O–H groups in total. The molecule has 0 spiro atoms. The van der Waals surface area contributed by atoms with Gasteiger partial charge in [-0.15, -0.1) is 0 Å². The van der Waals surface area contributed by atoms with Crippen molar-refractivity contribution in [2.24, 2.45) is 0 Å². The number of aromatic nitrogens is 5. The van der Waals surface area contributed by atoms with Crippen LogP contribution in [0.1, 0.15) is 40.5 Å². The number of aldehydes is 1. The van der Waals surface area contributed by atoms with Crippen molar-refractivity contribution in [3.63, 3.8) is 0 Å². The number of nitrogens with zero attached hydrogens (tertiary/aromatic N) is 6. The summed E-state index contributed by atoms with van der Waals surface area (Å²) in [6, 6.07) is 8.24. The van der Waals surface area contributed by atoms with E-state index in [1.54, 1.807) is 16.9 Å². The summed E-state index contributed by atoms with van der Waals surface area (Å²) in [6.07, 6.45) is 7.32. The summed E-state index contributed by atoms with van der Waals surface area (Å²) in [6.45, 7) is 3.40. The van der Waals surface area contributed by atoms with E-state index in [-0.39, 0.29) is 0 Å². The second kappa shape index (κ2) is 8.56. The van der Waals surface area contributed by atoms with Crippen LogP contribution in [0.15, 0.2) is 42.9 Å². The highest BCUT2D eigenvalue weighted by atomic mass is 16.3. The van der Waals surface area contributed by atoms with E-state index in [4.69, 9.17) is 0 Å². The van der Waals surface area contributed by atoms with E-state index >= 15 is 0 Å². The van der Waals surface area contributed by atoms with Gasteiger partial charge in [-0.1, -0.05) is 0 Å². The van der Waals surface area contributed by atoms with Gasteiger partial charge in [0.05, 0.1) is 17.9 Å². The number of likely N-dealkylation sites (tertiary alicyclic amines) is 1. The minimum absolute atomic E-state index is 0.427. The molecule has 180 valence electrons. The molecule has 2 aliphatic rings. The highest BCUT2D eigenvalue weighted by Gasteiger charge is 2.30. The Hall–Kier alpha value is -3.60. The minimum atomic E-state index is -0.713. The highest BCUT2D eigenvalue weighted by molar-refractivity contribution is 5.99. The first-order chi connectivity index (χ1) is 17.0. The molecule has 0 amide bonds. The van der Waals surface area contributed by atoms with Crippen LogP contribution in [0.4, 0.5) is 11.6 Å². The van der Waals surface area contributed by atoms with Gasteiger partial charge in [0.1, 0.15) is 0 Å². The molecule has 1 aliphatic carbocycles. The fourth-order valence-electron chi connectivity index (χ4n) is 4.76. The monoisotopic (exact) mass is 473 g/mol. The van der Waals surface area contributed by atoms with E-state index in [2.05, 4.69) is 25.0 Å². The molecule has 4 aromatic rings. The number of hydrogen-bond donors (Lipinski definition) is 3. The van der Waals surface area contributed by atoms with E-state index in [0.717, 1.165) is 47.0 Å². The second-order valence-electron chi connectivity index (χ2n) is 9.45. The molecule has 6 rings (SSSR count). The smallest absolute Gasteiger partial charge is 0.229 e. The Morgan fingerprint density at radius 1 is 1.14 bits per heavy atom. The van der Waals surface area contributed by atoms with Crippen molar-refractivity contribution >= 4 is 28.8 Å². The lowest BCUT2D eigenvalue weighted by Gasteiger charge is -2.13. The minimum Gasteiger partial charge on any atom is -0.389 e. The number of carbonyl (C=O) groups is 1. The molecule has 10 nitrogen and oxygen atoms in total. The van der Waals surface area contributed by atoms with Crippen molar-refractivity contribution < 1.29 is 15.0 Å². The van der Waals surface area contributed by atoms with Gasteiger partial charge in [0.25, 0.3) is 0 Å². The molecule has 10 heteroatoms. The number of β-amino-alcohol motifs (C(OH)–C–C–N with tert-alkyl or cyclic N) is 2. The van der Waals surface area contributed by atoms with E-state index in [1.807, 2.05) is 42.4 Å². The third kappa shape index (κ3) is 4.20.